The van der Waals surface area contributed by atoms with E-state index in [0.717, 1.165) is 25.7 Å². The lowest BCUT2D eigenvalue weighted by Crippen LogP contribution is -2.61. The first-order valence-corrected chi connectivity index (χ1v) is 8.70. The summed E-state index contributed by atoms with van der Waals surface area (Å²) < 4.78 is 26.4. The lowest BCUT2D eigenvalue weighted by molar-refractivity contribution is -0.144. The molecule has 8 heteroatoms. The van der Waals surface area contributed by atoms with Gasteiger partial charge in [-0.1, -0.05) is 0 Å². The van der Waals surface area contributed by atoms with Gasteiger partial charge in [-0.2, -0.15) is 0 Å². The number of alkyl halides is 2. The average molecular weight is 345 g/mol. The number of fused-ring (bicyclic) bond motifs is 1. The quantitative estimate of drug-likeness (QED) is 0.845. The van der Waals surface area contributed by atoms with Crippen molar-refractivity contribution in [2.45, 2.75) is 63.1 Å². The molecule has 0 radical (unpaired) electrons. The standard InChI is InChI=1S/C16H25F2N3O3/c1-11-14(22)21-12(4-5-13(21)9-20(11)15(23)24)3-2-7-19-8-6-16(17,18)10-19/h11-13H,2-10H2,1H3,(H,23,24)/t11-,12-,13-/m0/s1. The van der Waals surface area contributed by atoms with Gasteiger partial charge in [0.25, 0.3) is 5.92 Å². The number of carbonyl (C=O) groups excluding carboxylic acids is 1. The van der Waals surface area contributed by atoms with Gasteiger partial charge in [0.2, 0.25) is 5.91 Å². The second-order valence-corrected chi connectivity index (χ2v) is 7.27. The summed E-state index contributed by atoms with van der Waals surface area (Å²) in [5.41, 5.74) is 0. The van der Waals surface area contributed by atoms with Crippen LogP contribution in [0.25, 0.3) is 0 Å². The SMILES string of the molecule is C[C@H]1C(=O)N2[C@@H](CCCN3CCC(F)(F)C3)CC[C@H]2CN1C(=O)O. The van der Waals surface area contributed by atoms with Crippen molar-refractivity contribution in [1.29, 1.82) is 0 Å². The highest BCUT2D eigenvalue weighted by molar-refractivity contribution is 5.87. The van der Waals surface area contributed by atoms with Crippen molar-refractivity contribution >= 4 is 12.0 Å². The molecule has 0 unspecified atom stereocenters. The van der Waals surface area contributed by atoms with Crippen molar-refractivity contribution in [2.75, 3.05) is 26.2 Å². The Morgan fingerprint density at radius 3 is 2.75 bits per heavy atom. The molecule has 3 fully saturated rings. The molecule has 3 aliphatic heterocycles. The zero-order valence-electron chi connectivity index (χ0n) is 14.0. The van der Waals surface area contributed by atoms with Crippen molar-refractivity contribution in [3.8, 4) is 0 Å². The van der Waals surface area contributed by atoms with Crippen molar-refractivity contribution in [3.63, 3.8) is 0 Å². The monoisotopic (exact) mass is 345 g/mol. The normalized spacial score (nSPS) is 33.1. The van der Waals surface area contributed by atoms with E-state index < -0.39 is 18.1 Å². The minimum absolute atomic E-state index is 0.0362. The van der Waals surface area contributed by atoms with Crippen LogP contribution in [0.4, 0.5) is 13.6 Å². The minimum Gasteiger partial charge on any atom is -0.465 e. The number of carboxylic acid groups (broad SMARTS) is 1. The number of piperazine rings is 1. The maximum atomic E-state index is 13.2. The lowest BCUT2D eigenvalue weighted by Gasteiger charge is -2.42. The Morgan fingerprint density at radius 1 is 1.38 bits per heavy atom. The van der Waals surface area contributed by atoms with Crippen LogP contribution in [0, 0.1) is 0 Å². The van der Waals surface area contributed by atoms with Crippen molar-refractivity contribution in [1.82, 2.24) is 14.7 Å². The van der Waals surface area contributed by atoms with Gasteiger partial charge in [-0.25, -0.2) is 13.6 Å². The topological polar surface area (TPSA) is 64.1 Å². The number of nitrogens with zero attached hydrogens (tertiary/aromatic N) is 3. The third kappa shape index (κ3) is 3.34. The highest BCUT2D eigenvalue weighted by Crippen LogP contribution is 2.33. The van der Waals surface area contributed by atoms with Gasteiger partial charge < -0.3 is 10.0 Å². The van der Waals surface area contributed by atoms with Gasteiger partial charge in [0.15, 0.2) is 0 Å². The van der Waals surface area contributed by atoms with E-state index in [4.69, 9.17) is 0 Å². The Balaban J connectivity index is 1.52. The Morgan fingerprint density at radius 2 is 2.12 bits per heavy atom. The molecule has 6 nitrogen and oxygen atoms in total. The number of carbonyl (C=O) groups is 2. The average Bonchev–Trinajstić information content (AvgIpc) is 3.06. The summed E-state index contributed by atoms with van der Waals surface area (Å²) in [4.78, 5) is 28.7. The summed E-state index contributed by atoms with van der Waals surface area (Å²) >= 11 is 0. The van der Waals surface area contributed by atoms with Crippen molar-refractivity contribution in [3.05, 3.63) is 0 Å². The Kier molecular flexibility index (Phi) is 4.68. The predicted octanol–water partition coefficient (Wildman–Crippen LogP) is 1.85. The van der Waals surface area contributed by atoms with Crippen LogP contribution in [0.15, 0.2) is 0 Å². The summed E-state index contributed by atoms with van der Waals surface area (Å²) in [7, 11) is 0. The van der Waals surface area contributed by atoms with Gasteiger partial charge in [-0.15, -0.1) is 0 Å². The van der Waals surface area contributed by atoms with Crippen molar-refractivity contribution < 1.29 is 23.5 Å². The van der Waals surface area contributed by atoms with Crippen LogP contribution in [0.2, 0.25) is 0 Å². The molecule has 1 N–H and O–H groups in total. The number of halogens is 2. The van der Waals surface area contributed by atoms with Crippen LogP contribution >= 0.6 is 0 Å². The minimum atomic E-state index is -2.56. The summed E-state index contributed by atoms with van der Waals surface area (Å²) in [5, 5.41) is 9.21. The Labute approximate surface area is 140 Å². The van der Waals surface area contributed by atoms with Gasteiger partial charge in [0, 0.05) is 31.6 Å². The number of rotatable bonds is 4. The fourth-order valence-corrected chi connectivity index (χ4v) is 4.31. The fraction of sp³-hybridized carbons (Fsp3) is 0.875. The predicted molar refractivity (Wildman–Crippen MR) is 83.1 cm³/mol. The fourth-order valence-electron chi connectivity index (χ4n) is 4.31. The molecule has 136 valence electrons. The zero-order chi connectivity index (χ0) is 17.5. The second kappa shape index (κ2) is 6.46. The molecule has 0 saturated carbocycles. The van der Waals surface area contributed by atoms with E-state index in [9.17, 15) is 23.5 Å². The molecule has 3 aliphatic rings. The molecule has 24 heavy (non-hydrogen) atoms. The molecule has 0 aromatic carbocycles. The summed E-state index contributed by atoms with van der Waals surface area (Å²) in [6, 6.07) is -0.563. The van der Waals surface area contributed by atoms with Gasteiger partial charge in [0.1, 0.15) is 6.04 Å². The van der Waals surface area contributed by atoms with Crippen LogP contribution in [0.5, 0.6) is 0 Å². The Hall–Kier alpha value is -1.44. The van der Waals surface area contributed by atoms with Gasteiger partial charge in [-0.05, 0) is 39.2 Å². The molecular formula is C16H25F2N3O3. The highest BCUT2D eigenvalue weighted by Gasteiger charge is 2.46. The highest BCUT2D eigenvalue weighted by atomic mass is 19.3. The zero-order valence-corrected chi connectivity index (χ0v) is 14.0. The first-order valence-electron chi connectivity index (χ1n) is 8.70. The molecule has 0 aliphatic carbocycles. The smallest absolute Gasteiger partial charge is 0.408 e. The van der Waals surface area contributed by atoms with E-state index >= 15 is 0 Å². The van der Waals surface area contributed by atoms with Crippen LogP contribution in [-0.4, -0.2) is 82.0 Å². The van der Waals surface area contributed by atoms with E-state index in [2.05, 4.69) is 0 Å². The Bertz CT molecular complexity index is 517. The summed E-state index contributed by atoms with van der Waals surface area (Å²) in [6.07, 6.45) is 2.15. The molecule has 2 amide bonds. The maximum Gasteiger partial charge on any atom is 0.408 e. The molecule has 0 bridgehead atoms. The third-order valence-corrected chi connectivity index (χ3v) is 5.61. The summed E-state index contributed by atoms with van der Waals surface area (Å²) in [5.74, 6) is -2.68. The molecule has 0 aromatic rings. The van der Waals surface area contributed by atoms with Gasteiger partial charge >= 0.3 is 6.09 Å². The van der Waals surface area contributed by atoms with Crippen molar-refractivity contribution in [2.24, 2.45) is 0 Å². The molecule has 3 saturated heterocycles. The number of hydrogen-bond donors (Lipinski definition) is 1. The van der Waals surface area contributed by atoms with Crippen LogP contribution in [0.3, 0.4) is 0 Å². The van der Waals surface area contributed by atoms with Crippen LogP contribution in [0.1, 0.15) is 39.0 Å². The molecule has 0 aromatic heterocycles. The number of hydrogen-bond acceptors (Lipinski definition) is 3. The van der Waals surface area contributed by atoms with Crippen LogP contribution < -0.4 is 0 Å². The van der Waals surface area contributed by atoms with Gasteiger partial charge in [-0.3, -0.25) is 14.6 Å². The maximum absolute atomic E-state index is 13.2. The molecular weight excluding hydrogens is 320 g/mol. The molecule has 3 atom stereocenters. The first kappa shape index (κ1) is 17.4. The van der Waals surface area contributed by atoms with Crippen LogP contribution in [-0.2, 0) is 4.79 Å². The number of likely N-dealkylation sites (tertiary alicyclic amines) is 1. The molecule has 3 rings (SSSR count). The first-order chi connectivity index (χ1) is 11.3. The summed E-state index contributed by atoms with van der Waals surface area (Å²) in [6.45, 7) is 2.92. The molecule has 3 heterocycles. The van der Waals surface area contributed by atoms with E-state index in [1.165, 1.54) is 4.90 Å². The van der Waals surface area contributed by atoms with E-state index in [-0.39, 0.29) is 31.0 Å². The number of amides is 2. The lowest BCUT2D eigenvalue weighted by atomic mass is 10.1. The van der Waals surface area contributed by atoms with E-state index in [1.807, 2.05) is 4.90 Å². The van der Waals surface area contributed by atoms with E-state index in [0.29, 0.717) is 19.6 Å². The second-order valence-electron chi connectivity index (χ2n) is 7.27. The largest absolute Gasteiger partial charge is 0.465 e. The van der Waals surface area contributed by atoms with E-state index in [1.54, 1.807) is 11.8 Å². The third-order valence-electron chi connectivity index (χ3n) is 5.61. The molecule has 0 spiro atoms. The van der Waals surface area contributed by atoms with Gasteiger partial charge in [0.05, 0.1) is 6.54 Å².